The molecule has 0 unspecified atom stereocenters. The maximum absolute atomic E-state index is 5.34. The molecule has 6 heteroatoms. The summed E-state index contributed by atoms with van der Waals surface area (Å²) in [5.74, 6) is 1.76. The van der Waals surface area contributed by atoms with E-state index in [-0.39, 0.29) is 0 Å². The molecule has 108 valence electrons. The van der Waals surface area contributed by atoms with Crippen molar-refractivity contribution >= 4 is 10.8 Å². The molecule has 0 aliphatic carbocycles. The van der Waals surface area contributed by atoms with Crippen LogP contribution in [0.3, 0.4) is 0 Å². The maximum atomic E-state index is 5.34. The van der Waals surface area contributed by atoms with Gasteiger partial charge in [-0.15, -0.1) is 0 Å². The van der Waals surface area contributed by atoms with Crippen LogP contribution in [0.2, 0.25) is 0 Å². The quantitative estimate of drug-likeness (QED) is 0.577. The highest BCUT2D eigenvalue weighted by molar-refractivity contribution is 5.85. The third-order valence-corrected chi connectivity index (χ3v) is 3.40. The van der Waals surface area contributed by atoms with Gasteiger partial charge in [-0.05, 0) is 30.5 Å². The Morgan fingerprint density at radius 1 is 1.05 bits per heavy atom. The zero-order valence-corrected chi connectivity index (χ0v) is 11.9. The Labute approximate surface area is 125 Å². The van der Waals surface area contributed by atoms with Crippen LogP contribution in [-0.4, -0.2) is 20.3 Å². The highest BCUT2D eigenvalue weighted by atomic mass is 16.5. The van der Waals surface area contributed by atoms with E-state index in [0.717, 1.165) is 22.0 Å². The number of rotatable bonds is 3. The molecule has 3 heterocycles. The number of aryl methyl sites for hydroxylation is 1. The lowest BCUT2D eigenvalue weighted by molar-refractivity contribution is 0.382. The topological polar surface area (TPSA) is 77.8 Å². The summed E-state index contributed by atoms with van der Waals surface area (Å²) in [4.78, 5) is 8.69. The van der Waals surface area contributed by atoms with Gasteiger partial charge in [-0.1, -0.05) is 16.4 Å². The first-order valence-corrected chi connectivity index (χ1v) is 6.87. The smallest absolute Gasteiger partial charge is 0.257 e. The molecule has 22 heavy (non-hydrogen) atoms. The average Bonchev–Trinajstić information content (AvgIpc) is 3.19. The molecule has 0 bridgehead atoms. The van der Waals surface area contributed by atoms with Crippen molar-refractivity contribution in [2.24, 2.45) is 0 Å². The summed E-state index contributed by atoms with van der Waals surface area (Å²) in [6.45, 7) is 1.97. The molecule has 0 spiro atoms. The van der Waals surface area contributed by atoms with E-state index in [9.17, 15) is 0 Å². The molecule has 0 fully saturated rings. The molecule has 0 saturated heterocycles. The summed E-state index contributed by atoms with van der Waals surface area (Å²) in [7, 11) is 0. The SMILES string of the molecule is Cc1cc2cc(-c3nc(Cc4ccno4)no3)ccc2cn1. The lowest BCUT2D eigenvalue weighted by atomic mass is 10.1. The van der Waals surface area contributed by atoms with Gasteiger partial charge in [0.25, 0.3) is 5.89 Å². The van der Waals surface area contributed by atoms with Crippen LogP contribution in [0, 0.1) is 6.92 Å². The van der Waals surface area contributed by atoms with Crippen LogP contribution >= 0.6 is 0 Å². The van der Waals surface area contributed by atoms with Gasteiger partial charge in [0.1, 0.15) is 5.76 Å². The molecule has 1 aromatic carbocycles. The van der Waals surface area contributed by atoms with Crippen LogP contribution in [0.15, 0.2) is 51.8 Å². The van der Waals surface area contributed by atoms with Crippen molar-refractivity contribution in [1.82, 2.24) is 20.3 Å². The van der Waals surface area contributed by atoms with Crippen molar-refractivity contribution in [3.8, 4) is 11.5 Å². The van der Waals surface area contributed by atoms with Gasteiger partial charge in [0.2, 0.25) is 0 Å². The van der Waals surface area contributed by atoms with Crippen molar-refractivity contribution in [3.05, 3.63) is 60.0 Å². The van der Waals surface area contributed by atoms with Crippen LogP contribution < -0.4 is 0 Å². The summed E-state index contributed by atoms with van der Waals surface area (Å²) in [5.41, 5.74) is 1.86. The molecule has 0 N–H and O–H groups in total. The first kappa shape index (κ1) is 12.7. The highest BCUT2D eigenvalue weighted by Gasteiger charge is 2.11. The second-order valence-corrected chi connectivity index (χ2v) is 5.06. The van der Waals surface area contributed by atoms with Crippen molar-refractivity contribution in [2.75, 3.05) is 0 Å². The Morgan fingerprint density at radius 2 is 2.00 bits per heavy atom. The Hall–Kier alpha value is -3.02. The molecule has 6 nitrogen and oxygen atoms in total. The van der Waals surface area contributed by atoms with Crippen LogP contribution in [0.1, 0.15) is 17.3 Å². The molecule has 0 saturated carbocycles. The molecule has 4 rings (SSSR count). The molecule has 0 amide bonds. The lowest BCUT2D eigenvalue weighted by Crippen LogP contribution is -1.88. The molecule has 0 aliphatic heterocycles. The van der Waals surface area contributed by atoms with Crippen LogP contribution in [0.25, 0.3) is 22.2 Å². The number of hydrogen-bond donors (Lipinski definition) is 0. The summed E-state index contributed by atoms with van der Waals surface area (Å²) in [6, 6.07) is 9.78. The summed E-state index contributed by atoms with van der Waals surface area (Å²) >= 11 is 0. The molecular weight excluding hydrogens is 280 g/mol. The minimum absolute atomic E-state index is 0.458. The number of pyridine rings is 1. The number of aromatic nitrogens is 4. The average molecular weight is 292 g/mol. The van der Waals surface area contributed by atoms with Crippen molar-refractivity contribution in [1.29, 1.82) is 0 Å². The van der Waals surface area contributed by atoms with E-state index < -0.39 is 0 Å². The van der Waals surface area contributed by atoms with Crippen molar-refractivity contribution in [2.45, 2.75) is 13.3 Å². The molecule has 0 radical (unpaired) electrons. The normalized spacial score (nSPS) is 11.1. The Bertz CT molecular complexity index is 928. The largest absolute Gasteiger partial charge is 0.361 e. The van der Waals surface area contributed by atoms with Gasteiger partial charge >= 0.3 is 0 Å². The van der Waals surface area contributed by atoms with Gasteiger partial charge < -0.3 is 9.05 Å². The molecule has 3 aromatic heterocycles. The van der Waals surface area contributed by atoms with E-state index >= 15 is 0 Å². The summed E-state index contributed by atoms with van der Waals surface area (Å²) in [5, 5.41) is 9.81. The van der Waals surface area contributed by atoms with Crippen molar-refractivity contribution < 1.29 is 9.05 Å². The maximum Gasteiger partial charge on any atom is 0.257 e. The van der Waals surface area contributed by atoms with Gasteiger partial charge in [0, 0.05) is 28.9 Å². The fourth-order valence-electron chi connectivity index (χ4n) is 2.32. The number of nitrogens with zero attached hydrogens (tertiary/aromatic N) is 4. The number of hydrogen-bond acceptors (Lipinski definition) is 6. The third kappa shape index (κ3) is 2.35. The van der Waals surface area contributed by atoms with E-state index in [1.165, 1.54) is 0 Å². The fourth-order valence-corrected chi connectivity index (χ4v) is 2.32. The van der Waals surface area contributed by atoms with Gasteiger partial charge in [0.05, 0.1) is 12.6 Å². The number of benzene rings is 1. The Morgan fingerprint density at radius 3 is 2.86 bits per heavy atom. The van der Waals surface area contributed by atoms with E-state index in [1.54, 1.807) is 12.3 Å². The lowest BCUT2D eigenvalue weighted by Gasteiger charge is -2.00. The second kappa shape index (κ2) is 5.07. The Kier molecular flexibility index (Phi) is 2.93. The Balaban J connectivity index is 1.68. The molecule has 0 aliphatic rings. The molecular formula is C16H12N4O2. The summed E-state index contributed by atoms with van der Waals surface area (Å²) < 4.78 is 10.4. The van der Waals surface area contributed by atoms with Gasteiger partial charge in [-0.3, -0.25) is 4.98 Å². The molecule has 0 atom stereocenters. The second-order valence-electron chi connectivity index (χ2n) is 5.06. The van der Waals surface area contributed by atoms with Gasteiger partial charge in [-0.2, -0.15) is 4.98 Å². The predicted octanol–water partition coefficient (Wildman–Crippen LogP) is 3.17. The standard InChI is InChI=1S/C16H12N4O2/c1-10-6-13-7-11(2-3-12(13)9-17-10)16-19-15(20-22-16)8-14-4-5-18-21-14/h2-7,9H,8H2,1H3. The highest BCUT2D eigenvalue weighted by Crippen LogP contribution is 2.23. The van der Waals surface area contributed by atoms with Crippen molar-refractivity contribution in [3.63, 3.8) is 0 Å². The van der Waals surface area contributed by atoms with E-state index in [4.69, 9.17) is 9.05 Å². The predicted molar refractivity (Wildman–Crippen MR) is 79.1 cm³/mol. The van der Waals surface area contributed by atoms with Crippen LogP contribution in [0.4, 0.5) is 0 Å². The van der Waals surface area contributed by atoms with E-state index in [1.807, 2.05) is 37.4 Å². The van der Waals surface area contributed by atoms with Gasteiger partial charge in [-0.25, -0.2) is 0 Å². The van der Waals surface area contributed by atoms with Crippen LogP contribution in [-0.2, 0) is 6.42 Å². The van der Waals surface area contributed by atoms with Gasteiger partial charge in [0.15, 0.2) is 5.82 Å². The minimum atomic E-state index is 0.458. The molecule has 4 aromatic rings. The minimum Gasteiger partial charge on any atom is -0.361 e. The first-order valence-electron chi connectivity index (χ1n) is 6.87. The third-order valence-electron chi connectivity index (χ3n) is 3.40. The van der Waals surface area contributed by atoms with Crippen LogP contribution in [0.5, 0.6) is 0 Å². The summed E-state index contributed by atoms with van der Waals surface area (Å²) in [6.07, 6.45) is 3.91. The zero-order chi connectivity index (χ0) is 14.9. The number of fused-ring (bicyclic) bond motifs is 1. The first-order chi connectivity index (χ1) is 10.8. The fraction of sp³-hybridized carbons (Fsp3) is 0.125. The monoisotopic (exact) mass is 292 g/mol. The van der Waals surface area contributed by atoms with E-state index in [2.05, 4.69) is 20.3 Å². The van der Waals surface area contributed by atoms with E-state index in [0.29, 0.717) is 23.9 Å². The zero-order valence-electron chi connectivity index (χ0n) is 11.9.